The van der Waals surface area contributed by atoms with Gasteiger partial charge in [-0.1, -0.05) is 59.6 Å². The van der Waals surface area contributed by atoms with Gasteiger partial charge in [-0.25, -0.2) is 12.7 Å². The molecule has 0 spiro atoms. The number of carbonyl (C=O) groups excluding carboxylic acids is 1. The van der Waals surface area contributed by atoms with E-state index in [4.69, 9.17) is 23.2 Å². The molecule has 0 aliphatic carbocycles. The molecule has 0 aliphatic heterocycles. The summed E-state index contributed by atoms with van der Waals surface area (Å²) in [4.78, 5) is 12.8. The lowest BCUT2D eigenvalue weighted by atomic mass is 10.1. The number of anilines is 2. The molecule has 32 heavy (non-hydrogen) atoms. The van der Waals surface area contributed by atoms with Crippen molar-refractivity contribution in [2.45, 2.75) is 17.9 Å². The Morgan fingerprint density at radius 1 is 0.875 bits per heavy atom. The van der Waals surface area contributed by atoms with Gasteiger partial charge >= 0.3 is 0 Å². The van der Waals surface area contributed by atoms with Gasteiger partial charge < -0.3 is 10.6 Å². The predicted molar refractivity (Wildman–Crippen MR) is 130 cm³/mol. The van der Waals surface area contributed by atoms with Gasteiger partial charge in [0.2, 0.25) is 15.9 Å². The van der Waals surface area contributed by atoms with Crippen LogP contribution in [-0.4, -0.2) is 32.7 Å². The van der Waals surface area contributed by atoms with E-state index in [0.29, 0.717) is 33.5 Å². The van der Waals surface area contributed by atoms with Crippen LogP contribution in [0.1, 0.15) is 11.1 Å². The maximum absolute atomic E-state index is 12.7. The lowest BCUT2D eigenvalue weighted by molar-refractivity contribution is -0.115. The summed E-state index contributed by atoms with van der Waals surface area (Å²) in [6.07, 6.45) is 0.0552. The Hall–Kier alpha value is -2.58. The normalized spacial score (nSPS) is 11.4. The molecule has 0 radical (unpaired) electrons. The van der Waals surface area contributed by atoms with Crippen LogP contribution >= 0.6 is 23.2 Å². The molecule has 9 heteroatoms. The highest BCUT2D eigenvalue weighted by Crippen LogP contribution is 2.28. The van der Waals surface area contributed by atoms with Gasteiger partial charge in [-0.2, -0.15) is 0 Å². The van der Waals surface area contributed by atoms with Crippen LogP contribution in [-0.2, 0) is 27.8 Å². The van der Waals surface area contributed by atoms with Crippen molar-refractivity contribution in [1.29, 1.82) is 0 Å². The summed E-state index contributed by atoms with van der Waals surface area (Å²) in [5.41, 5.74) is 2.71. The third-order valence-electron chi connectivity index (χ3n) is 4.72. The van der Waals surface area contributed by atoms with Gasteiger partial charge in [-0.3, -0.25) is 4.79 Å². The van der Waals surface area contributed by atoms with E-state index in [9.17, 15) is 13.2 Å². The molecule has 6 nitrogen and oxygen atoms in total. The molecule has 0 saturated carbocycles. The van der Waals surface area contributed by atoms with Crippen molar-refractivity contribution >= 4 is 50.5 Å². The monoisotopic (exact) mass is 491 g/mol. The summed E-state index contributed by atoms with van der Waals surface area (Å²) in [6.45, 7) is 0.510. The number of benzene rings is 3. The molecule has 0 aromatic heterocycles. The Morgan fingerprint density at radius 3 is 2.25 bits per heavy atom. The number of rotatable bonds is 8. The van der Waals surface area contributed by atoms with Crippen LogP contribution in [0, 0.1) is 0 Å². The number of hydrogen-bond acceptors (Lipinski definition) is 4. The summed E-state index contributed by atoms with van der Waals surface area (Å²) < 4.78 is 26.3. The number of nitrogens with zero attached hydrogens (tertiary/aromatic N) is 1. The molecule has 3 rings (SSSR count). The van der Waals surface area contributed by atoms with Crippen molar-refractivity contribution in [1.82, 2.24) is 4.31 Å². The summed E-state index contributed by atoms with van der Waals surface area (Å²) >= 11 is 12.0. The molecular formula is C23H23Cl2N3O3S. The molecule has 0 atom stereocenters. The van der Waals surface area contributed by atoms with Crippen LogP contribution < -0.4 is 10.6 Å². The summed E-state index contributed by atoms with van der Waals surface area (Å²) in [7, 11) is -0.751. The third-order valence-corrected chi connectivity index (χ3v) is 7.27. The SMILES string of the molecule is CN(C)S(=O)(=O)c1ccc(NCc2ccccc2)c(NC(=O)Cc2ccc(Cl)c(Cl)c2)c1. The van der Waals surface area contributed by atoms with Gasteiger partial charge in [0.25, 0.3) is 0 Å². The number of sulfonamides is 1. The van der Waals surface area contributed by atoms with Gasteiger partial charge in [-0.15, -0.1) is 0 Å². The zero-order valence-corrected chi connectivity index (χ0v) is 19.9. The first-order chi connectivity index (χ1) is 15.2. The Kier molecular flexibility index (Phi) is 7.79. The van der Waals surface area contributed by atoms with Crippen LogP contribution in [0.5, 0.6) is 0 Å². The molecule has 0 fully saturated rings. The minimum atomic E-state index is -3.67. The van der Waals surface area contributed by atoms with E-state index in [2.05, 4.69) is 10.6 Å². The Morgan fingerprint density at radius 2 is 1.59 bits per heavy atom. The quantitative estimate of drug-likeness (QED) is 0.462. The van der Waals surface area contributed by atoms with Crippen molar-refractivity contribution in [2.24, 2.45) is 0 Å². The molecule has 0 unspecified atom stereocenters. The van der Waals surface area contributed by atoms with E-state index in [1.807, 2.05) is 30.3 Å². The number of nitrogens with one attached hydrogen (secondary N) is 2. The summed E-state index contributed by atoms with van der Waals surface area (Å²) in [6, 6.07) is 19.3. The first-order valence-electron chi connectivity index (χ1n) is 9.75. The molecule has 0 bridgehead atoms. The molecule has 0 aliphatic rings. The van der Waals surface area contributed by atoms with Crippen LogP contribution in [0.3, 0.4) is 0 Å². The molecule has 0 saturated heterocycles. The Labute approximate surface area is 198 Å². The molecule has 0 heterocycles. The highest BCUT2D eigenvalue weighted by molar-refractivity contribution is 7.89. The molecule has 3 aromatic carbocycles. The van der Waals surface area contributed by atoms with E-state index in [0.717, 1.165) is 9.87 Å². The molecule has 1 amide bonds. The highest BCUT2D eigenvalue weighted by atomic mass is 35.5. The van der Waals surface area contributed by atoms with Gasteiger partial charge in [0.05, 0.1) is 32.7 Å². The number of halogens is 2. The predicted octanol–water partition coefficient (Wildman–Crippen LogP) is 5.04. The van der Waals surface area contributed by atoms with Crippen molar-refractivity contribution in [3.05, 3.63) is 87.9 Å². The van der Waals surface area contributed by atoms with Crippen molar-refractivity contribution < 1.29 is 13.2 Å². The molecule has 2 N–H and O–H groups in total. The second-order valence-electron chi connectivity index (χ2n) is 7.31. The average Bonchev–Trinajstić information content (AvgIpc) is 2.76. The van der Waals surface area contributed by atoms with Crippen LogP contribution in [0.15, 0.2) is 71.6 Å². The fourth-order valence-corrected chi connectivity index (χ4v) is 4.22. The minimum Gasteiger partial charge on any atom is -0.379 e. The fraction of sp³-hybridized carbons (Fsp3) is 0.174. The summed E-state index contributed by atoms with van der Waals surface area (Å²) in [5, 5.41) is 6.85. The molecule has 3 aromatic rings. The van der Waals surface area contributed by atoms with E-state index < -0.39 is 10.0 Å². The average molecular weight is 492 g/mol. The van der Waals surface area contributed by atoms with Crippen molar-refractivity contribution in [3.63, 3.8) is 0 Å². The Balaban J connectivity index is 1.86. The van der Waals surface area contributed by atoms with Gasteiger partial charge in [-0.05, 0) is 41.5 Å². The van der Waals surface area contributed by atoms with E-state index in [1.165, 1.54) is 26.2 Å². The minimum absolute atomic E-state index is 0.0552. The third kappa shape index (κ3) is 6.01. The lowest BCUT2D eigenvalue weighted by Gasteiger charge is -2.17. The molecular weight excluding hydrogens is 469 g/mol. The maximum Gasteiger partial charge on any atom is 0.242 e. The second kappa shape index (κ2) is 10.4. The lowest BCUT2D eigenvalue weighted by Crippen LogP contribution is -2.23. The van der Waals surface area contributed by atoms with Crippen LogP contribution in [0.4, 0.5) is 11.4 Å². The zero-order chi connectivity index (χ0) is 23.3. The standard InChI is InChI=1S/C23H23Cl2N3O3S/c1-28(2)32(30,31)18-9-11-21(26-15-16-6-4-3-5-7-16)22(14-18)27-23(29)13-17-8-10-19(24)20(25)12-17/h3-12,14,26H,13,15H2,1-2H3,(H,27,29). The zero-order valence-electron chi connectivity index (χ0n) is 17.6. The topological polar surface area (TPSA) is 78.5 Å². The number of amides is 1. The van der Waals surface area contributed by atoms with Crippen LogP contribution in [0.2, 0.25) is 10.0 Å². The number of carbonyl (C=O) groups is 1. The second-order valence-corrected chi connectivity index (χ2v) is 10.3. The first-order valence-corrected chi connectivity index (χ1v) is 11.9. The van der Waals surface area contributed by atoms with Crippen molar-refractivity contribution in [3.8, 4) is 0 Å². The largest absolute Gasteiger partial charge is 0.379 e. The Bertz CT molecular complexity index is 1220. The van der Waals surface area contributed by atoms with Crippen molar-refractivity contribution in [2.75, 3.05) is 24.7 Å². The number of hydrogen-bond donors (Lipinski definition) is 2. The van der Waals surface area contributed by atoms with Crippen LogP contribution in [0.25, 0.3) is 0 Å². The molecule has 168 valence electrons. The van der Waals surface area contributed by atoms with Gasteiger partial charge in [0, 0.05) is 20.6 Å². The van der Waals surface area contributed by atoms with E-state index in [1.54, 1.807) is 24.3 Å². The smallest absolute Gasteiger partial charge is 0.242 e. The van der Waals surface area contributed by atoms with Gasteiger partial charge in [0.1, 0.15) is 0 Å². The first kappa shape index (κ1) is 24.1. The summed E-state index contributed by atoms with van der Waals surface area (Å²) in [5.74, 6) is -0.314. The van der Waals surface area contributed by atoms with E-state index >= 15 is 0 Å². The fourth-order valence-electron chi connectivity index (χ4n) is 2.97. The highest BCUT2D eigenvalue weighted by Gasteiger charge is 2.19. The van der Waals surface area contributed by atoms with E-state index in [-0.39, 0.29) is 17.2 Å². The van der Waals surface area contributed by atoms with Gasteiger partial charge in [0.15, 0.2) is 0 Å². The maximum atomic E-state index is 12.7.